The fourth-order valence-electron chi connectivity index (χ4n) is 1.71. The number of hydrogen-bond donors (Lipinski definition) is 0. The van der Waals surface area contributed by atoms with Crippen molar-refractivity contribution in [3.05, 3.63) is 52.3 Å². The molecule has 0 spiro atoms. The van der Waals surface area contributed by atoms with E-state index in [9.17, 15) is 0 Å². The Morgan fingerprint density at radius 2 is 2.39 bits per heavy atom. The van der Waals surface area contributed by atoms with Crippen LogP contribution in [-0.2, 0) is 13.0 Å². The number of nitrogens with zero attached hydrogens (tertiary/aromatic N) is 4. The Bertz CT molecular complexity index is 626. The molecule has 0 N–H and O–H groups in total. The molecule has 6 heteroatoms. The molecule has 3 rings (SSSR count). The minimum atomic E-state index is 0.573. The van der Waals surface area contributed by atoms with Crippen molar-refractivity contribution < 1.29 is 4.52 Å². The third-order valence-corrected chi connectivity index (χ3v) is 3.53. The van der Waals surface area contributed by atoms with E-state index in [-0.39, 0.29) is 0 Å². The standard InChI is InChI=1S/C12H12N4OS/c1-9-13-4-5-16(9)8-12-14-11(15-17-12)7-10-3-2-6-18-10/h2-6H,7-8H2,1H3. The van der Waals surface area contributed by atoms with Crippen LogP contribution in [0.2, 0.25) is 0 Å². The first-order valence-corrected chi connectivity index (χ1v) is 6.51. The van der Waals surface area contributed by atoms with Gasteiger partial charge >= 0.3 is 0 Å². The van der Waals surface area contributed by atoms with Crippen LogP contribution in [0, 0.1) is 6.92 Å². The molecule has 3 aromatic rings. The van der Waals surface area contributed by atoms with Crippen LogP contribution in [0.5, 0.6) is 0 Å². The second kappa shape index (κ2) is 4.73. The molecular weight excluding hydrogens is 248 g/mol. The molecule has 5 nitrogen and oxygen atoms in total. The van der Waals surface area contributed by atoms with Crippen LogP contribution in [-0.4, -0.2) is 19.7 Å². The topological polar surface area (TPSA) is 56.7 Å². The van der Waals surface area contributed by atoms with Crippen LogP contribution in [0.4, 0.5) is 0 Å². The molecule has 0 aliphatic heterocycles. The molecule has 0 aliphatic rings. The highest BCUT2D eigenvalue weighted by atomic mass is 32.1. The van der Waals surface area contributed by atoms with Gasteiger partial charge in [-0.25, -0.2) is 4.98 Å². The maximum atomic E-state index is 5.24. The van der Waals surface area contributed by atoms with E-state index >= 15 is 0 Å². The normalized spacial score (nSPS) is 10.9. The average Bonchev–Trinajstić information content (AvgIpc) is 3.06. The Morgan fingerprint density at radius 1 is 1.44 bits per heavy atom. The molecule has 92 valence electrons. The number of hydrogen-bond acceptors (Lipinski definition) is 5. The van der Waals surface area contributed by atoms with Crippen molar-refractivity contribution in [1.82, 2.24) is 19.7 Å². The monoisotopic (exact) mass is 260 g/mol. The summed E-state index contributed by atoms with van der Waals surface area (Å²) in [5.74, 6) is 2.28. The van der Waals surface area contributed by atoms with Crippen molar-refractivity contribution in [3.8, 4) is 0 Å². The first-order valence-electron chi connectivity index (χ1n) is 5.63. The second-order valence-electron chi connectivity index (χ2n) is 3.96. The molecule has 3 aromatic heterocycles. The molecule has 0 saturated carbocycles. The number of thiophene rings is 1. The Hall–Kier alpha value is -1.95. The van der Waals surface area contributed by atoms with E-state index in [2.05, 4.69) is 21.2 Å². The highest BCUT2D eigenvalue weighted by Gasteiger charge is 2.09. The highest BCUT2D eigenvalue weighted by Crippen LogP contribution is 2.13. The van der Waals surface area contributed by atoms with Gasteiger partial charge in [0.15, 0.2) is 5.82 Å². The van der Waals surface area contributed by atoms with E-state index in [1.165, 1.54) is 4.88 Å². The summed E-state index contributed by atoms with van der Waals surface area (Å²) in [5.41, 5.74) is 0. The van der Waals surface area contributed by atoms with Gasteiger partial charge in [-0.1, -0.05) is 11.2 Å². The van der Waals surface area contributed by atoms with Crippen LogP contribution < -0.4 is 0 Å². The van der Waals surface area contributed by atoms with Gasteiger partial charge in [0.25, 0.3) is 0 Å². The smallest absolute Gasteiger partial charge is 0.246 e. The second-order valence-corrected chi connectivity index (χ2v) is 5.00. The first kappa shape index (κ1) is 11.2. The van der Waals surface area contributed by atoms with E-state index in [1.807, 2.05) is 29.1 Å². The molecule has 0 unspecified atom stereocenters. The van der Waals surface area contributed by atoms with Gasteiger partial charge in [-0.3, -0.25) is 0 Å². The van der Waals surface area contributed by atoms with E-state index in [0.717, 1.165) is 18.1 Å². The molecule has 0 atom stereocenters. The molecule has 0 aliphatic carbocycles. The lowest BCUT2D eigenvalue weighted by atomic mass is 10.3. The van der Waals surface area contributed by atoms with Gasteiger partial charge in [0.2, 0.25) is 5.89 Å². The predicted octanol–water partition coefficient (Wildman–Crippen LogP) is 2.28. The summed E-state index contributed by atoms with van der Waals surface area (Å²) in [7, 11) is 0. The fraction of sp³-hybridized carbons (Fsp3) is 0.250. The van der Waals surface area contributed by atoms with Crippen molar-refractivity contribution in [2.75, 3.05) is 0 Å². The lowest BCUT2D eigenvalue weighted by Gasteiger charge is -1.98. The first-order chi connectivity index (χ1) is 8.81. The van der Waals surface area contributed by atoms with Crippen LogP contribution in [0.3, 0.4) is 0 Å². The summed E-state index contributed by atoms with van der Waals surface area (Å²) in [5, 5.41) is 6.03. The molecule has 0 radical (unpaired) electrons. The highest BCUT2D eigenvalue weighted by molar-refractivity contribution is 7.09. The Labute approximate surface area is 108 Å². The van der Waals surface area contributed by atoms with Gasteiger partial charge in [0, 0.05) is 23.7 Å². The minimum Gasteiger partial charge on any atom is -0.337 e. The number of imidazole rings is 1. The largest absolute Gasteiger partial charge is 0.337 e. The van der Waals surface area contributed by atoms with Crippen LogP contribution in [0.25, 0.3) is 0 Å². The third-order valence-electron chi connectivity index (χ3n) is 2.65. The zero-order valence-corrected chi connectivity index (χ0v) is 10.7. The maximum absolute atomic E-state index is 5.24. The van der Waals surface area contributed by atoms with Crippen LogP contribution in [0.1, 0.15) is 22.4 Å². The molecule has 0 aromatic carbocycles. The van der Waals surface area contributed by atoms with Crippen molar-refractivity contribution in [3.63, 3.8) is 0 Å². The van der Waals surface area contributed by atoms with Gasteiger partial charge in [0.1, 0.15) is 12.4 Å². The summed E-state index contributed by atoms with van der Waals surface area (Å²) in [6, 6.07) is 4.09. The molecule has 3 heterocycles. The molecular formula is C12H12N4OS. The lowest BCUT2D eigenvalue weighted by molar-refractivity contribution is 0.366. The molecule has 0 saturated heterocycles. The van der Waals surface area contributed by atoms with Crippen molar-refractivity contribution in [1.29, 1.82) is 0 Å². The van der Waals surface area contributed by atoms with Crippen molar-refractivity contribution >= 4 is 11.3 Å². The fourth-order valence-corrected chi connectivity index (χ4v) is 2.41. The van der Waals surface area contributed by atoms with Gasteiger partial charge in [-0.05, 0) is 18.4 Å². The summed E-state index contributed by atoms with van der Waals surface area (Å²) in [6.07, 6.45) is 4.39. The van der Waals surface area contributed by atoms with Gasteiger partial charge in [0.05, 0.1) is 0 Å². The SMILES string of the molecule is Cc1nccn1Cc1nc(Cc2cccs2)no1. The molecule has 18 heavy (non-hydrogen) atoms. The average molecular weight is 260 g/mol. The quantitative estimate of drug-likeness (QED) is 0.722. The van der Waals surface area contributed by atoms with E-state index in [1.54, 1.807) is 17.5 Å². The van der Waals surface area contributed by atoms with Gasteiger partial charge < -0.3 is 9.09 Å². The predicted molar refractivity (Wildman–Crippen MR) is 67.5 cm³/mol. The third kappa shape index (κ3) is 2.33. The van der Waals surface area contributed by atoms with E-state index in [0.29, 0.717) is 12.4 Å². The zero-order valence-electron chi connectivity index (χ0n) is 9.91. The zero-order chi connectivity index (χ0) is 12.4. The summed E-state index contributed by atoms with van der Waals surface area (Å²) < 4.78 is 7.21. The minimum absolute atomic E-state index is 0.573. The summed E-state index contributed by atoms with van der Waals surface area (Å²) in [6.45, 7) is 2.52. The van der Waals surface area contributed by atoms with Crippen LogP contribution >= 0.6 is 11.3 Å². The summed E-state index contributed by atoms with van der Waals surface area (Å²) >= 11 is 1.70. The van der Waals surface area contributed by atoms with Gasteiger partial charge in [-0.15, -0.1) is 11.3 Å². The molecule has 0 amide bonds. The van der Waals surface area contributed by atoms with E-state index in [4.69, 9.17) is 4.52 Å². The maximum Gasteiger partial charge on any atom is 0.246 e. The Morgan fingerprint density at radius 3 is 3.11 bits per heavy atom. The number of aryl methyl sites for hydroxylation is 1. The van der Waals surface area contributed by atoms with E-state index < -0.39 is 0 Å². The molecule has 0 fully saturated rings. The number of rotatable bonds is 4. The van der Waals surface area contributed by atoms with Crippen molar-refractivity contribution in [2.24, 2.45) is 0 Å². The lowest BCUT2D eigenvalue weighted by Crippen LogP contribution is -2.01. The number of aromatic nitrogens is 4. The van der Waals surface area contributed by atoms with Gasteiger partial charge in [-0.2, -0.15) is 4.98 Å². The Balaban J connectivity index is 1.72. The van der Waals surface area contributed by atoms with Crippen LogP contribution in [0.15, 0.2) is 34.4 Å². The Kier molecular flexibility index (Phi) is 2.93. The summed E-state index contributed by atoms with van der Waals surface area (Å²) in [4.78, 5) is 9.77. The van der Waals surface area contributed by atoms with Crippen molar-refractivity contribution in [2.45, 2.75) is 19.9 Å². The molecule has 0 bridgehead atoms.